The van der Waals surface area contributed by atoms with E-state index in [2.05, 4.69) is 24.9 Å². The Morgan fingerprint density at radius 1 is 1.10 bits per heavy atom. The van der Waals surface area contributed by atoms with Crippen molar-refractivity contribution in [3.05, 3.63) is 47.9 Å². The number of nitrogens with one attached hydrogen (secondary N) is 1. The number of anilines is 2. The maximum atomic E-state index is 12.6. The van der Waals surface area contributed by atoms with E-state index in [1.54, 1.807) is 30.3 Å². The molecule has 3 heterocycles. The van der Waals surface area contributed by atoms with E-state index in [1.807, 2.05) is 0 Å². The lowest BCUT2D eigenvalue weighted by Crippen LogP contribution is -2.45. The van der Waals surface area contributed by atoms with Gasteiger partial charge in [-0.1, -0.05) is 0 Å². The number of hydrogen-bond acceptors (Lipinski definition) is 8. The van der Waals surface area contributed by atoms with Gasteiger partial charge in [-0.15, -0.1) is 0 Å². The van der Waals surface area contributed by atoms with E-state index in [1.165, 1.54) is 13.4 Å². The van der Waals surface area contributed by atoms with E-state index in [0.29, 0.717) is 30.3 Å². The van der Waals surface area contributed by atoms with Gasteiger partial charge in [0, 0.05) is 37.7 Å². The fraction of sp³-hybridized carbons (Fsp3) is 0.400. The molecule has 9 nitrogen and oxygen atoms in total. The predicted octanol–water partition coefficient (Wildman–Crippen LogP) is 1.86. The van der Waals surface area contributed by atoms with Crippen LogP contribution < -0.4 is 10.2 Å². The van der Waals surface area contributed by atoms with Crippen molar-refractivity contribution in [3.63, 3.8) is 0 Å². The highest BCUT2D eigenvalue weighted by Gasteiger charge is 2.40. The second-order valence-electron chi connectivity index (χ2n) is 6.88. The largest absolute Gasteiger partial charge is 0.465 e. The molecule has 2 aliphatic heterocycles. The summed E-state index contributed by atoms with van der Waals surface area (Å²) in [4.78, 5) is 34.6. The highest BCUT2D eigenvalue weighted by Crippen LogP contribution is 2.32. The molecule has 9 heteroatoms. The van der Waals surface area contributed by atoms with Gasteiger partial charge in [-0.05, 0) is 24.3 Å². The molecule has 0 bridgehead atoms. The lowest BCUT2D eigenvalue weighted by molar-refractivity contribution is -0.169. The summed E-state index contributed by atoms with van der Waals surface area (Å²) in [7, 11) is 1.32. The molecular formula is C20H22N4O5. The molecule has 2 saturated heterocycles. The van der Waals surface area contributed by atoms with Crippen molar-refractivity contribution in [2.24, 2.45) is 0 Å². The molecule has 152 valence electrons. The van der Waals surface area contributed by atoms with Crippen LogP contribution in [0.15, 0.2) is 36.7 Å². The Balaban J connectivity index is 1.40. The fourth-order valence-electron chi connectivity index (χ4n) is 3.51. The summed E-state index contributed by atoms with van der Waals surface area (Å²) in [6, 6.07) is 8.12. The summed E-state index contributed by atoms with van der Waals surface area (Å²) in [6.45, 7) is 2.73. The van der Waals surface area contributed by atoms with E-state index in [-0.39, 0.29) is 11.6 Å². The molecular weight excluding hydrogens is 376 g/mol. The minimum Gasteiger partial charge on any atom is -0.465 e. The van der Waals surface area contributed by atoms with Gasteiger partial charge in [0.15, 0.2) is 5.79 Å². The third-order valence-electron chi connectivity index (χ3n) is 5.11. The van der Waals surface area contributed by atoms with Crippen LogP contribution in [-0.2, 0) is 14.2 Å². The van der Waals surface area contributed by atoms with E-state index in [9.17, 15) is 9.59 Å². The number of piperidine rings is 1. The van der Waals surface area contributed by atoms with Crippen LogP contribution in [0.3, 0.4) is 0 Å². The number of methoxy groups -OCH3 is 1. The Bertz CT molecular complexity index is 886. The lowest BCUT2D eigenvalue weighted by atomic mass is 10.0. The minimum atomic E-state index is -0.458. The second-order valence-corrected chi connectivity index (χ2v) is 6.88. The average Bonchev–Trinajstić information content (AvgIpc) is 3.22. The van der Waals surface area contributed by atoms with Gasteiger partial charge in [-0.25, -0.2) is 14.8 Å². The molecule has 29 heavy (non-hydrogen) atoms. The van der Waals surface area contributed by atoms with Crippen molar-refractivity contribution < 1.29 is 23.8 Å². The number of amides is 1. The Labute approximate surface area is 168 Å². The molecule has 2 fully saturated rings. The maximum absolute atomic E-state index is 12.6. The van der Waals surface area contributed by atoms with Gasteiger partial charge in [0.05, 0.1) is 25.9 Å². The predicted molar refractivity (Wildman–Crippen MR) is 104 cm³/mol. The molecule has 0 aliphatic carbocycles. The van der Waals surface area contributed by atoms with Gasteiger partial charge in [-0.2, -0.15) is 0 Å². The normalized spacial score (nSPS) is 17.9. The summed E-state index contributed by atoms with van der Waals surface area (Å²) in [5.74, 6) is -0.547. The van der Waals surface area contributed by atoms with Gasteiger partial charge in [0.2, 0.25) is 0 Å². The smallest absolute Gasteiger partial charge is 0.337 e. The summed E-state index contributed by atoms with van der Waals surface area (Å²) < 4.78 is 16.2. The van der Waals surface area contributed by atoms with Crippen LogP contribution in [0.1, 0.15) is 33.7 Å². The Morgan fingerprint density at radius 2 is 1.79 bits per heavy atom. The molecule has 0 atom stereocenters. The molecule has 2 aliphatic rings. The number of carbonyl (C=O) groups is 2. The molecule has 2 aromatic rings. The monoisotopic (exact) mass is 398 g/mol. The molecule has 4 rings (SSSR count). The van der Waals surface area contributed by atoms with Crippen molar-refractivity contribution in [2.45, 2.75) is 18.6 Å². The Kier molecular flexibility index (Phi) is 5.41. The van der Waals surface area contributed by atoms with E-state index in [0.717, 1.165) is 25.9 Å². The van der Waals surface area contributed by atoms with E-state index in [4.69, 9.17) is 9.47 Å². The van der Waals surface area contributed by atoms with Gasteiger partial charge in [0.25, 0.3) is 5.91 Å². The highest BCUT2D eigenvalue weighted by atomic mass is 16.7. The third-order valence-corrected chi connectivity index (χ3v) is 5.11. The number of ether oxygens (including phenoxy) is 3. The minimum absolute atomic E-state index is 0.265. The average molecular weight is 398 g/mol. The SMILES string of the molecule is COC(=O)c1ccc(NC(=O)c2cc(N3CCC4(CC3)OCCO4)ncn2)cc1. The number of benzene rings is 1. The number of aromatic nitrogens is 2. The summed E-state index contributed by atoms with van der Waals surface area (Å²) >= 11 is 0. The quantitative estimate of drug-likeness (QED) is 0.779. The first-order valence-electron chi connectivity index (χ1n) is 9.43. The third kappa shape index (κ3) is 4.20. The number of nitrogens with zero attached hydrogens (tertiary/aromatic N) is 3. The molecule has 1 aromatic heterocycles. The summed E-state index contributed by atoms with van der Waals surface area (Å²) in [6.07, 6.45) is 2.90. The van der Waals surface area contributed by atoms with Gasteiger partial charge >= 0.3 is 5.97 Å². The second kappa shape index (κ2) is 8.14. The molecule has 1 N–H and O–H groups in total. The first-order valence-corrected chi connectivity index (χ1v) is 9.43. The number of esters is 1. The molecule has 1 amide bonds. The molecule has 1 spiro atoms. The summed E-state index contributed by atoms with van der Waals surface area (Å²) in [5, 5.41) is 2.77. The maximum Gasteiger partial charge on any atom is 0.337 e. The zero-order chi connectivity index (χ0) is 20.3. The van der Waals surface area contributed by atoms with Gasteiger partial charge in [-0.3, -0.25) is 4.79 Å². The van der Waals surface area contributed by atoms with Crippen molar-refractivity contribution >= 4 is 23.4 Å². The lowest BCUT2D eigenvalue weighted by Gasteiger charge is -2.38. The van der Waals surface area contributed by atoms with Gasteiger partial charge < -0.3 is 24.4 Å². The zero-order valence-corrected chi connectivity index (χ0v) is 16.1. The van der Waals surface area contributed by atoms with Crippen LogP contribution in [-0.4, -0.2) is 61.0 Å². The topological polar surface area (TPSA) is 103 Å². The van der Waals surface area contributed by atoms with Crippen molar-refractivity contribution in [2.75, 3.05) is 43.6 Å². The van der Waals surface area contributed by atoms with Crippen LogP contribution >= 0.6 is 0 Å². The fourth-order valence-corrected chi connectivity index (χ4v) is 3.51. The van der Waals surface area contributed by atoms with E-state index < -0.39 is 11.8 Å². The van der Waals surface area contributed by atoms with Crippen LogP contribution in [0.4, 0.5) is 11.5 Å². The van der Waals surface area contributed by atoms with Crippen molar-refractivity contribution in [1.29, 1.82) is 0 Å². The standard InChI is InChI=1S/C20H22N4O5/c1-27-19(26)14-2-4-15(5-3-14)23-18(25)16-12-17(22-13-21-16)24-8-6-20(7-9-24)28-10-11-29-20/h2-5,12-13H,6-11H2,1H3,(H,23,25). The first-order chi connectivity index (χ1) is 14.1. The van der Waals surface area contributed by atoms with Crippen molar-refractivity contribution in [3.8, 4) is 0 Å². The Morgan fingerprint density at radius 3 is 2.45 bits per heavy atom. The van der Waals surface area contributed by atoms with Crippen LogP contribution in [0, 0.1) is 0 Å². The van der Waals surface area contributed by atoms with Crippen LogP contribution in [0.2, 0.25) is 0 Å². The van der Waals surface area contributed by atoms with E-state index >= 15 is 0 Å². The summed E-state index contributed by atoms with van der Waals surface area (Å²) in [5.41, 5.74) is 1.23. The number of hydrogen-bond donors (Lipinski definition) is 1. The Hall–Kier alpha value is -3.04. The van der Waals surface area contributed by atoms with Crippen LogP contribution in [0.5, 0.6) is 0 Å². The first kappa shape index (κ1) is 19.3. The highest BCUT2D eigenvalue weighted by molar-refractivity contribution is 6.03. The number of carbonyl (C=O) groups excluding carboxylic acids is 2. The van der Waals surface area contributed by atoms with Gasteiger partial charge in [0.1, 0.15) is 17.8 Å². The zero-order valence-electron chi connectivity index (χ0n) is 16.1. The van der Waals surface area contributed by atoms with Crippen molar-refractivity contribution in [1.82, 2.24) is 9.97 Å². The molecule has 0 radical (unpaired) electrons. The molecule has 0 unspecified atom stereocenters. The molecule has 0 saturated carbocycles. The molecule has 1 aromatic carbocycles. The number of rotatable bonds is 4. The van der Waals surface area contributed by atoms with Crippen LogP contribution in [0.25, 0.3) is 0 Å².